The summed E-state index contributed by atoms with van der Waals surface area (Å²) in [5.41, 5.74) is 3.52. The number of benzene rings is 4. The SMILES string of the molecule is CC1CCCN(c2c/c(=C\c3ccc(C(=O)O)cc3)c3c(O)c4ccccc4c4onc2c34)C1. The number of rotatable bonds is 3. The topological polar surface area (TPSA) is 86.8 Å². The molecule has 6 heteroatoms. The van der Waals surface area contributed by atoms with Crippen LogP contribution in [-0.2, 0) is 0 Å². The Kier molecular flexibility index (Phi) is 4.69. The fraction of sp³-hybridized carbons (Fsp3) is 0.214. The highest BCUT2D eigenvalue weighted by Gasteiger charge is 2.25. The summed E-state index contributed by atoms with van der Waals surface area (Å²) in [4.78, 5) is 13.6. The van der Waals surface area contributed by atoms with Gasteiger partial charge in [-0.2, -0.15) is 0 Å². The molecule has 6 nitrogen and oxygen atoms in total. The Labute approximate surface area is 195 Å². The number of aromatic carboxylic acids is 1. The molecule has 5 aromatic rings. The van der Waals surface area contributed by atoms with Crippen molar-refractivity contribution >= 4 is 50.4 Å². The molecule has 170 valence electrons. The summed E-state index contributed by atoms with van der Waals surface area (Å²) in [6.07, 6.45) is 4.31. The molecule has 0 amide bonds. The summed E-state index contributed by atoms with van der Waals surface area (Å²) in [5, 5.41) is 29.0. The van der Waals surface area contributed by atoms with Crippen LogP contribution in [0.4, 0.5) is 5.69 Å². The van der Waals surface area contributed by atoms with Gasteiger partial charge < -0.3 is 19.6 Å². The van der Waals surface area contributed by atoms with Gasteiger partial charge in [0.2, 0.25) is 0 Å². The van der Waals surface area contributed by atoms with Gasteiger partial charge in [-0.05, 0) is 53.8 Å². The lowest BCUT2D eigenvalue weighted by atomic mass is 9.95. The number of aromatic hydroxyl groups is 1. The smallest absolute Gasteiger partial charge is 0.335 e. The minimum Gasteiger partial charge on any atom is -0.507 e. The minimum absolute atomic E-state index is 0.197. The van der Waals surface area contributed by atoms with Gasteiger partial charge in [-0.15, -0.1) is 0 Å². The summed E-state index contributed by atoms with van der Waals surface area (Å²) in [6.45, 7) is 4.15. The van der Waals surface area contributed by atoms with Gasteiger partial charge in [0.1, 0.15) is 11.3 Å². The van der Waals surface area contributed by atoms with E-state index in [4.69, 9.17) is 4.52 Å². The maximum absolute atomic E-state index is 11.4. The Morgan fingerprint density at radius 1 is 1.12 bits per heavy atom. The number of phenolic OH excluding ortho intramolecular Hbond substituents is 1. The van der Waals surface area contributed by atoms with E-state index in [0.717, 1.165) is 52.3 Å². The first-order valence-electron chi connectivity index (χ1n) is 11.6. The summed E-state index contributed by atoms with van der Waals surface area (Å²) >= 11 is 0. The van der Waals surface area contributed by atoms with Crippen molar-refractivity contribution in [2.24, 2.45) is 5.92 Å². The van der Waals surface area contributed by atoms with Crippen LogP contribution in [0.2, 0.25) is 0 Å². The van der Waals surface area contributed by atoms with E-state index >= 15 is 0 Å². The maximum Gasteiger partial charge on any atom is 0.335 e. The van der Waals surface area contributed by atoms with E-state index in [1.54, 1.807) is 24.3 Å². The second-order valence-electron chi connectivity index (χ2n) is 9.25. The number of aromatic nitrogens is 1. The van der Waals surface area contributed by atoms with Crippen molar-refractivity contribution in [1.82, 2.24) is 5.16 Å². The highest BCUT2D eigenvalue weighted by molar-refractivity contribution is 6.24. The molecule has 2 N–H and O–H groups in total. The molecule has 2 heterocycles. The molecule has 0 aliphatic carbocycles. The van der Waals surface area contributed by atoms with Crippen molar-refractivity contribution < 1.29 is 19.5 Å². The fourth-order valence-electron chi connectivity index (χ4n) is 5.25. The molecule has 1 atom stereocenters. The average molecular weight is 453 g/mol. The van der Waals surface area contributed by atoms with Crippen molar-refractivity contribution in [3.63, 3.8) is 0 Å². The lowest BCUT2D eigenvalue weighted by Crippen LogP contribution is -2.34. The van der Waals surface area contributed by atoms with Gasteiger partial charge in [0.05, 0.1) is 16.6 Å². The molecule has 0 saturated carbocycles. The molecule has 0 bridgehead atoms. The zero-order chi connectivity index (χ0) is 23.4. The number of anilines is 1. The monoisotopic (exact) mass is 452 g/mol. The molecule has 4 aromatic carbocycles. The Hall–Kier alpha value is -4.06. The van der Waals surface area contributed by atoms with Gasteiger partial charge in [0, 0.05) is 29.2 Å². The second kappa shape index (κ2) is 7.76. The van der Waals surface area contributed by atoms with E-state index in [2.05, 4.69) is 23.0 Å². The quantitative estimate of drug-likeness (QED) is 0.360. The van der Waals surface area contributed by atoms with Crippen LogP contribution in [0.3, 0.4) is 0 Å². The first-order chi connectivity index (χ1) is 16.5. The van der Waals surface area contributed by atoms with Crippen LogP contribution in [0.15, 0.2) is 59.1 Å². The van der Waals surface area contributed by atoms with Crippen LogP contribution >= 0.6 is 0 Å². The molecule has 1 fully saturated rings. The number of nitrogens with zero attached hydrogens (tertiary/aromatic N) is 2. The minimum atomic E-state index is -0.957. The number of fused-ring (bicyclic) bond motifs is 2. The van der Waals surface area contributed by atoms with Crippen molar-refractivity contribution in [3.05, 3.63) is 70.9 Å². The molecule has 1 aliphatic heterocycles. The number of carboxylic acid groups (broad SMARTS) is 1. The van der Waals surface area contributed by atoms with E-state index < -0.39 is 5.97 Å². The van der Waals surface area contributed by atoms with E-state index in [1.165, 1.54) is 6.42 Å². The number of hydrogen-bond donors (Lipinski definition) is 2. The molecule has 1 aliphatic rings. The van der Waals surface area contributed by atoms with Crippen LogP contribution in [-0.4, -0.2) is 34.4 Å². The first kappa shape index (κ1) is 20.5. The van der Waals surface area contributed by atoms with Gasteiger partial charge in [-0.3, -0.25) is 0 Å². The summed E-state index contributed by atoms with van der Waals surface area (Å²) in [6, 6.07) is 16.5. The highest BCUT2D eigenvalue weighted by Crippen LogP contribution is 2.42. The molecule has 0 spiro atoms. The average Bonchev–Trinajstić information content (AvgIpc) is 3.28. The Balaban J connectivity index is 1.69. The summed E-state index contributed by atoms with van der Waals surface area (Å²) in [7, 11) is 0. The molecule has 1 unspecified atom stereocenters. The zero-order valence-corrected chi connectivity index (χ0v) is 18.8. The molecule has 0 radical (unpaired) electrons. The third-order valence-corrected chi connectivity index (χ3v) is 6.91. The first-order valence-corrected chi connectivity index (χ1v) is 11.6. The predicted molar refractivity (Wildman–Crippen MR) is 133 cm³/mol. The van der Waals surface area contributed by atoms with Crippen molar-refractivity contribution in [2.75, 3.05) is 18.0 Å². The van der Waals surface area contributed by atoms with Crippen LogP contribution in [0.25, 0.3) is 38.7 Å². The largest absolute Gasteiger partial charge is 0.507 e. The van der Waals surface area contributed by atoms with E-state index in [-0.39, 0.29) is 11.3 Å². The lowest BCUT2D eigenvalue weighted by Gasteiger charge is -2.33. The van der Waals surface area contributed by atoms with Crippen molar-refractivity contribution in [2.45, 2.75) is 19.8 Å². The Morgan fingerprint density at radius 3 is 2.62 bits per heavy atom. The van der Waals surface area contributed by atoms with Crippen molar-refractivity contribution in [3.8, 4) is 5.75 Å². The Morgan fingerprint density at radius 2 is 1.88 bits per heavy atom. The number of carbonyl (C=O) groups is 1. The fourth-order valence-corrected chi connectivity index (χ4v) is 5.25. The standard InChI is InChI=1S/C28H24N2O4/c1-16-5-4-12-30(15-16)22-14-19(13-17-8-10-18(11-9-17)28(32)33)23-24-25(22)29-34-27(24)21-7-3-2-6-20(21)26(23)31/h2-3,6-11,13-14,16,31H,4-5,12,15H2,1H3,(H,32,33)/b19-13+. The van der Waals surface area contributed by atoms with E-state index in [1.807, 2.05) is 30.3 Å². The maximum atomic E-state index is 11.4. The normalized spacial score (nSPS) is 17.3. The number of phenols is 1. The van der Waals surface area contributed by atoms with Crippen LogP contribution in [0.1, 0.15) is 35.7 Å². The van der Waals surface area contributed by atoms with Crippen LogP contribution in [0, 0.1) is 5.92 Å². The van der Waals surface area contributed by atoms with E-state index in [9.17, 15) is 15.0 Å². The van der Waals surface area contributed by atoms with Gasteiger partial charge in [0.15, 0.2) is 5.58 Å². The molecular weight excluding hydrogens is 428 g/mol. The molecule has 6 rings (SSSR count). The second-order valence-corrected chi connectivity index (χ2v) is 9.25. The van der Waals surface area contributed by atoms with Gasteiger partial charge in [0.25, 0.3) is 0 Å². The van der Waals surface area contributed by atoms with Crippen LogP contribution < -0.4 is 10.1 Å². The van der Waals surface area contributed by atoms with Gasteiger partial charge >= 0.3 is 5.97 Å². The summed E-state index contributed by atoms with van der Waals surface area (Å²) in [5.74, 6) is -0.177. The van der Waals surface area contributed by atoms with Crippen LogP contribution in [0.5, 0.6) is 5.75 Å². The van der Waals surface area contributed by atoms with Gasteiger partial charge in [-0.1, -0.05) is 48.5 Å². The third-order valence-electron chi connectivity index (χ3n) is 6.91. The van der Waals surface area contributed by atoms with Gasteiger partial charge in [-0.25, -0.2) is 4.79 Å². The number of carboxylic acids is 1. The predicted octanol–water partition coefficient (Wildman–Crippen LogP) is 5.32. The van der Waals surface area contributed by atoms with Crippen molar-refractivity contribution in [1.29, 1.82) is 0 Å². The zero-order valence-electron chi connectivity index (χ0n) is 18.8. The molecule has 1 saturated heterocycles. The lowest BCUT2D eigenvalue weighted by molar-refractivity contribution is 0.0697. The molecule has 34 heavy (non-hydrogen) atoms. The van der Waals surface area contributed by atoms with E-state index in [0.29, 0.717) is 22.3 Å². The molecular formula is C28H24N2O4. The molecule has 1 aromatic heterocycles. The Bertz CT molecular complexity index is 1620. The highest BCUT2D eigenvalue weighted by atomic mass is 16.5. The number of piperidine rings is 1. The summed E-state index contributed by atoms with van der Waals surface area (Å²) < 4.78 is 5.90. The number of hydrogen-bond acceptors (Lipinski definition) is 5. The third kappa shape index (κ3) is 3.17.